The van der Waals surface area contributed by atoms with E-state index in [0.717, 1.165) is 18.0 Å². The first-order valence-corrected chi connectivity index (χ1v) is 7.92. The molecule has 2 N–H and O–H groups in total. The summed E-state index contributed by atoms with van der Waals surface area (Å²) in [5.41, 5.74) is 1.03. The molecule has 1 aromatic carbocycles. The highest BCUT2D eigenvalue weighted by atomic mass is 16.6. The van der Waals surface area contributed by atoms with Crippen molar-refractivity contribution in [2.24, 2.45) is 0 Å². The van der Waals surface area contributed by atoms with E-state index >= 15 is 0 Å². The molecule has 2 atom stereocenters. The maximum absolute atomic E-state index is 12.3. The van der Waals surface area contributed by atoms with Gasteiger partial charge in [-0.25, -0.2) is 0 Å². The third kappa shape index (κ3) is 4.42. The first kappa shape index (κ1) is 18.2. The molecule has 0 bridgehead atoms. The predicted molar refractivity (Wildman–Crippen MR) is 88.6 cm³/mol. The van der Waals surface area contributed by atoms with Crippen LogP contribution in [-0.2, 0) is 9.53 Å². The molecule has 24 heavy (non-hydrogen) atoms. The number of hydrogen-bond acceptors (Lipinski definition) is 5. The molecule has 0 radical (unpaired) electrons. The molecule has 1 amide bonds. The Kier molecular flexibility index (Phi) is 5.74. The Morgan fingerprint density at radius 2 is 2.04 bits per heavy atom. The minimum absolute atomic E-state index is 0.116. The number of anilines is 1. The molecule has 0 aliphatic carbocycles. The summed E-state index contributed by atoms with van der Waals surface area (Å²) in [4.78, 5) is 24.0. The number of nitro benzene ring substituents is 1. The summed E-state index contributed by atoms with van der Waals surface area (Å²) in [7, 11) is 1.37. The number of ether oxygens (including phenoxy) is 2. The summed E-state index contributed by atoms with van der Waals surface area (Å²) >= 11 is 0. The number of carbonyl (C=O) groups is 1. The van der Waals surface area contributed by atoms with Gasteiger partial charge in [-0.2, -0.15) is 0 Å². The van der Waals surface area contributed by atoms with Crippen molar-refractivity contribution < 1.29 is 24.1 Å². The zero-order valence-electron chi connectivity index (χ0n) is 14.4. The van der Waals surface area contributed by atoms with Crippen LogP contribution >= 0.6 is 0 Å². The van der Waals surface area contributed by atoms with Crippen LogP contribution in [0, 0.1) is 17.0 Å². The summed E-state index contributed by atoms with van der Waals surface area (Å²) in [6.07, 6.45) is 0.246. The molecule has 1 saturated heterocycles. The number of benzene rings is 1. The second-order valence-electron chi connectivity index (χ2n) is 6.24. The molecule has 0 aromatic heterocycles. The number of aryl methyl sites for hydroxylation is 1. The lowest BCUT2D eigenvalue weighted by molar-refractivity contribution is -0.907. The average molecular weight is 338 g/mol. The van der Waals surface area contributed by atoms with Crippen molar-refractivity contribution in [2.45, 2.75) is 33.0 Å². The highest BCUT2D eigenvalue weighted by Gasteiger charge is 2.27. The molecular formula is C16H24N3O5+. The third-order valence-electron chi connectivity index (χ3n) is 4.02. The van der Waals surface area contributed by atoms with E-state index in [1.165, 1.54) is 19.2 Å². The predicted octanol–water partition coefficient (Wildman–Crippen LogP) is 0.542. The summed E-state index contributed by atoms with van der Waals surface area (Å²) in [5.74, 6) is -0.00725. The van der Waals surface area contributed by atoms with Gasteiger partial charge in [-0.3, -0.25) is 14.9 Å². The van der Waals surface area contributed by atoms with Gasteiger partial charge in [0.2, 0.25) is 0 Å². The minimum atomic E-state index is -0.502. The lowest BCUT2D eigenvalue weighted by Crippen LogP contribution is -3.16. The molecule has 8 heteroatoms. The largest absolute Gasteiger partial charge is 0.490 e. The second-order valence-corrected chi connectivity index (χ2v) is 6.24. The van der Waals surface area contributed by atoms with Crippen molar-refractivity contribution in [3.63, 3.8) is 0 Å². The number of methoxy groups -OCH3 is 1. The van der Waals surface area contributed by atoms with Crippen LogP contribution in [0.1, 0.15) is 19.4 Å². The number of carbonyl (C=O) groups excluding carboxylic acids is 1. The van der Waals surface area contributed by atoms with Crippen LogP contribution in [0.2, 0.25) is 0 Å². The molecule has 132 valence electrons. The van der Waals surface area contributed by atoms with Crippen molar-refractivity contribution in [3.05, 3.63) is 27.8 Å². The monoisotopic (exact) mass is 338 g/mol. The quantitative estimate of drug-likeness (QED) is 0.604. The van der Waals surface area contributed by atoms with E-state index in [2.05, 4.69) is 5.32 Å². The molecule has 0 unspecified atom stereocenters. The smallest absolute Gasteiger partial charge is 0.311 e. The first-order chi connectivity index (χ1) is 11.3. The van der Waals surface area contributed by atoms with Crippen molar-refractivity contribution in [1.29, 1.82) is 0 Å². The van der Waals surface area contributed by atoms with E-state index in [9.17, 15) is 14.9 Å². The molecule has 8 nitrogen and oxygen atoms in total. The molecular weight excluding hydrogens is 314 g/mol. The average Bonchev–Trinajstić information content (AvgIpc) is 2.47. The van der Waals surface area contributed by atoms with Crippen LogP contribution < -0.4 is 15.0 Å². The molecule has 1 aromatic rings. The van der Waals surface area contributed by atoms with E-state index in [1.807, 2.05) is 13.8 Å². The third-order valence-corrected chi connectivity index (χ3v) is 4.02. The Balaban J connectivity index is 2.07. The van der Waals surface area contributed by atoms with Crippen LogP contribution in [0.3, 0.4) is 0 Å². The summed E-state index contributed by atoms with van der Waals surface area (Å²) in [6, 6.07) is 2.89. The van der Waals surface area contributed by atoms with Gasteiger partial charge in [-0.05, 0) is 26.3 Å². The summed E-state index contributed by atoms with van der Waals surface area (Å²) in [5, 5.41) is 13.8. The van der Waals surface area contributed by atoms with Crippen molar-refractivity contribution in [2.75, 3.05) is 32.1 Å². The van der Waals surface area contributed by atoms with Gasteiger partial charge < -0.3 is 19.7 Å². The number of amides is 1. The lowest BCUT2D eigenvalue weighted by Gasteiger charge is -2.31. The summed E-state index contributed by atoms with van der Waals surface area (Å²) < 4.78 is 10.7. The van der Waals surface area contributed by atoms with Gasteiger partial charge >= 0.3 is 5.69 Å². The van der Waals surface area contributed by atoms with Gasteiger partial charge in [0.1, 0.15) is 25.3 Å². The van der Waals surface area contributed by atoms with Crippen LogP contribution in [-0.4, -0.2) is 49.8 Å². The Hall–Kier alpha value is -2.19. The number of hydrogen-bond donors (Lipinski definition) is 2. The molecule has 1 heterocycles. The van der Waals surface area contributed by atoms with Gasteiger partial charge in [0.05, 0.1) is 12.0 Å². The number of nitrogens with zero attached hydrogens (tertiary/aromatic N) is 1. The minimum Gasteiger partial charge on any atom is -0.490 e. The highest BCUT2D eigenvalue weighted by Crippen LogP contribution is 2.32. The van der Waals surface area contributed by atoms with E-state index < -0.39 is 4.92 Å². The number of morpholine rings is 1. The Morgan fingerprint density at radius 3 is 2.58 bits per heavy atom. The zero-order valence-corrected chi connectivity index (χ0v) is 14.4. The molecule has 0 spiro atoms. The normalized spacial score (nSPS) is 23.6. The van der Waals surface area contributed by atoms with Crippen LogP contribution in [0.15, 0.2) is 12.1 Å². The van der Waals surface area contributed by atoms with Crippen LogP contribution in [0.25, 0.3) is 0 Å². The van der Waals surface area contributed by atoms with Gasteiger partial charge in [0.25, 0.3) is 5.91 Å². The molecule has 1 aliphatic heterocycles. The Bertz CT molecular complexity index is 624. The first-order valence-electron chi connectivity index (χ1n) is 7.92. The van der Waals surface area contributed by atoms with Gasteiger partial charge in [0.15, 0.2) is 12.3 Å². The van der Waals surface area contributed by atoms with E-state index in [0.29, 0.717) is 17.8 Å². The number of quaternary nitrogens is 1. The molecule has 2 rings (SSSR count). The fourth-order valence-electron chi connectivity index (χ4n) is 3.07. The van der Waals surface area contributed by atoms with Crippen molar-refractivity contribution in [3.8, 4) is 5.75 Å². The van der Waals surface area contributed by atoms with Crippen LogP contribution in [0.5, 0.6) is 5.75 Å². The number of nitrogens with one attached hydrogen (secondary N) is 2. The Labute approximate surface area is 140 Å². The van der Waals surface area contributed by atoms with Gasteiger partial charge in [-0.15, -0.1) is 0 Å². The standard InChI is InChI=1S/C16H23N3O5/c1-10-5-14(19(21)22)15(23-4)6-13(10)17-16(20)9-18-7-11(2)24-12(3)8-18/h5-6,11-12H,7-9H2,1-4H3,(H,17,20)/p+1/t11-,12-/m0/s1. The van der Waals surface area contributed by atoms with E-state index in [1.54, 1.807) is 6.92 Å². The van der Waals surface area contributed by atoms with Crippen molar-refractivity contribution >= 4 is 17.3 Å². The molecule has 1 aliphatic rings. The van der Waals surface area contributed by atoms with Gasteiger partial charge in [-0.1, -0.05) is 0 Å². The zero-order chi connectivity index (χ0) is 17.9. The molecule has 1 fully saturated rings. The second kappa shape index (κ2) is 7.59. The number of rotatable bonds is 5. The fourth-order valence-corrected chi connectivity index (χ4v) is 3.07. The SMILES string of the molecule is COc1cc(NC(=O)C[NH+]2C[C@H](C)O[C@@H](C)C2)c(C)cc1[N+](=O)[O-]. The molecule has 0 saturated carbocycles. The van der Waals surface area contributed by atoms with Crippen LogP contribution in [0.4, 0.5) is 11.4 Å². The summed E-state index contributed by atoms with van der Waals surface area (Å²) in [6.45, 7) is 7.60. The Morgan fingerprint density at radius 1 is 1.42 bits per heavy atom. The maximum atomic E-state index is 12.3. The van der Waals surface area contributed by atoms with E-state index in [-0.39, 0.29) is 29.6 Å². The fraction of sp³-hybridized carbons (Fsp3) is 0.562. The van der Waals surface area contributed by atoms with E-state index in [4.69, 9.17) is 9.47 Å². The van der Waals surface area contributed by atoms with Gasteiger partial charge in [0, 0.05) is 17.8 Å². The lowest BCUT2D eigenvalue weighted by atomic mass is 10.1. The number of nitro groups is 1. The van der Waals surface area contributed by atoms with Crippen molar-refractivity contribution in [1.82, 2.24) is 0 Å². The highest BCUT2D eigenvalue weighted by molar-refractivity contribution is 5.92. The maximum Gasteiger partial charge on any atom is 0.311 e. The topological polar surface area (TPSA) is 95.1 Å².